The average Bonchev–Trinajstić information content (AvgIpc) is 2.33. The molecule has 0 heterocycles. The fourth-order valence-corrected chi connectivity index (χ4v) is 1.49. The van der Waals surface area contributed by atoms with Crippen molar-refractivity contribution in [2.45, 2.75) is 0 Å². The number of ether oxygens (including phenoxy) is 1. The molecule has 0 spiro atoms. The molecule has 0 saturated carbocycles. The summed E-state index contributed by atoms with van der Waals surface area (Å²) in [4.78, 5) is 11.2. The van der Waals surface area contributed by atoms with Gasteiger partial charge < -0.3 is 16.2 Å². The number of nitrogens with two attached hydrogens (primary N) is 2. The third-order valence-electron chi connectivity index (χ3n) is 2.34. The second kappa shape index (κ2) is 4.75. The number of anilines is 1. The Labute approximate surface area is 103 Å². The van der Waals surface area contributed by atoms with Crippen LogP contribution in [0.2, 0.25) is 0 Å². The molecule has 0 unspecified atom stereocenters. The molecule has 5 heteroatoms. The molecule has 2 rings (SSSR count). The zero-order valence-corrected chi connectivity index (χ0v) is 9.39. The summed E-state index contributed by atoms with van der Waals surface area (Å²) in [6.45, 7) is 0. The summed E-state index contributed by atoms with van der Waals surface area (Å²) in [6, 6.07) is 10.2. The molecule has 0 aliphatic heterocycles. The zero-order valence-electron chi connectivity index (χ0n) is 9.39. The number of para-hydroxylation sites is 1. The van der Waals surface area contributed by atoms with Gasteiger partial charge in [-0.15, -0.1) is 0 Å². The first-order chi connectivity index (χ1) is 8.58. The number of carbonyl (C=O) groups excluding carboxylic acids is 1. The Morgan fingerprint density at radius 3 is 2.50 bits per heavy atom. The highest BCUT2D eigenvalue weighted by Crippen LogP contribution is 2.29. The fraction of sp³-hybridized carbons (Fsp3) is 0. The van der Waals surface area contributed by atoms with E-state index in [1.165, 1.54) is 18.2 Å². The largest absolute Gasteiger partial charge is 0.454 e. The minimum absolute atomic E-state index is 0.147. The molecule has 1 amide bonds. The minimum Gasteiger partial charge on any atom is -0.454 e. The summed E-state index contributed by atoms with van der Waals surface area (Å²) in [5.41, 5.74) is 11.2. The van der Waals surface area contributed by atoms with Gasteiger partial charge in [0.2, 0.25) is 0 Å². The lowest BCUT2D eigenvalue weighted by Crippen LogP contribution is -2.12. The summed E-state index contributed by atoms with van der Waals surface area (Å²) in [5.74, 6) is -0.511. The smallest absolute Gasteiger partial charge is 0.252 e. The summed E-state index contributed by atoms with van der Waals surface area (Å²) < 4.78 is 18.3. The van der Waals surface area contributed by atoms with Crippen LogP contribution < -0.4 is 16.2 Å². The lowest BCUT2D eigenvalue weighted by atomic mass is 10.2. The van der Waals surface area contributed by atoms with E-state index in [-0.39, 0.29) is 22.7 Å². The molecule has 92 valence electrons. The molecule has 0 saturated heterocycles. The number of amides is 1. The third kappa shape index (κ3) is 2.40. The Morgan fingerprint density at radius 2 is 1.83 bits per heavy atom. The molecule has 0 aromatic heterocycles. The Balaban J connectivity index is 2.37. The molecule has 0 aliphatic carbocycles. The standard InChI is InChI=1S/C13H11FN2O2/c14-8-5-6-12(10(15)7-8)18-11-4-2-1-3-9(11)13(16)17/h1-7H,15H2,(H2,16,17). The summed E-state index contributed by atoms with van der Waals surface area (Å²) in [7, 11) is 0. The number of carbonyl (C=O) groups is 1. The van der Waals surface area contributed by atoms with Crippen LogP contribution in [0.1, 0.15) is 10.4 Å². The lowest BCUT2D eigenvalue weighted by molar-refractivity contribution is 0.0998. The molecular formula is C13H11FN2O2. The molecule has 18 heavy (non-hydrogen) atoms. The van der Waals surface area contributed by atoms with Crippen molar-refractivity contribution in [1.82, 2.24) is 0 Å². The van der Waals surface area contributed by atoms with Crippen LogP contribution in [-0.4, -0.2) is 5.91 Å². The van der Waals surface area contributed by atoms with Gasteiger partial charge in [0.25, 0.3) is 5.91 Å². The van der Waals surface area contributed by atoms with E-state index < -0.39 is 11.7 Å². The predicted octanol–water partition coefficient (Wildman–Crippen LogP) is 2.30. The second-order valence-corrected chi connectivity index (χ2v) is 3.64. The number of halogens is 1. The molecule has 0 atom stereocenters. The average molecular weight is 246 g/mol. The van der Waals surface area contributed by atoms with Crippen LogP contribution in [0, 0.1) is 5.82 Å². The van der Waals surface area contributed by atoms with Crippen LogP contribution in [0.25, 0.3) is 0 Å². The lowest BCUT2D eigenvalue weighted by Gasteiger charge is -2.10. The molecule has 4 nitrogen and oxygen atoms in total. The highest BCUT2D eigenvalue weighted by molar-refractivity contribution is 5.95. The minimum atomic E-state index is -0.605. The predicted molar refractivity (Wildman–Crippen MR) is 65.8 cm³/mol. The van der Waals surface area contributed by atoms with Crippen molar-refractivity contribution >= 4 is 11.6 Å². The number of hydrogen-bond donors (Lipinski definition) is 2. The van der Waals surface area contributed by atoms with Gasteiger partial charge in [0, 0.05) is 6.07 Å². The molecule has 4 N–H and O–H groups in total. The van der Waals surface area contributed by atoms with Gasteiger partial charge in [-0.25, -0.2) is 4.39 Å². The molecular weight excluding hydrogens is 235 g/mol. The second-order valence-electron chi connectivity index (χ2n) is 3.64. The van der Waals surface area contributed by atoms with Crippen molar-refractivity contribution < 1.29 is 13.9 Å². The van der Waals surface area contributed by atoms with Crippen LogP contribution in [0.5, 0.6) is 11.5 Å². The van der Waals surface area contributed by atoms with E-state index in [2.05, 4.69) is 0 Å². The topological polar surface area (TPSA) is 78.3 Å². The first-order valence-corrected chi connectivity index (χ1v) is 5.19. The van der Waals surface area contributed by atoms with Gasteiger partial charge in [-0.3, -0.25) is 4.79 Å². The molecule has 2 aromatic rings. The van der Waals surface area contributed by atoms with E-state index in [4.69, 9.17) is 16.2 Å². The maximum absolute atomic E-state index is 12.9. The Hall–Kier alpha value is -2.56. The van der Waals surface area contributed by atoms with Crippen molar-refractivity contribution in [3.63, 3.8) is 0 Å². The SMILES string of the molecule is NC(=O)c1ccccc1Oc1ccc(F)cc1N. The Kier molecular flexibility index (Phi) is 3.14. The van der Waals surface area contributed by atoms with E-state index in [0.29, 0.717) is 0 Å². The van der Waals surface area contributed by atoms with Crippen molar-refractivity contribution in [3.8, 4) is 11.5 Å². The van der Waals surface area contributed by atoms with Gasteiger partial charge in [0.15, 0.2) is 5.75 Å². The van der Waals surface area contributed by atoms with Crippen molar-refractivity contribution in [2.24, 2.45) is 5.73 Å². The monoisotopic (exact) mass is 246 g/mol. The van der Waals surface area contributed by atoms with Crippen molar-refractivity contribution in [2.75, 3.05) is 5.73 Å². The van der Waals surface area contributed by atoms with Crippen LogP contribution in [0.4, 0.5) is 10.1 Å². The van der Waals surface area contributed by atoms with Gasteiger partial charge in [0.1, 0.15) is 11.6 Å². The first kappa shape index (κ1) is 11.9. The fourth-order valence-electron chi connectivity index (χ4n) is 1.49. The zero-order chi connectivity index (χ0) is 13.1. The van der Waals surface area contributed by atoms with Crippen molar-refractivity contribution in [1.29, 1.82) is 0 Å². The highest BCUT2D eigenvalue weighted by Gasteiger charge is 2.10. The van der Waals surface area contributed by atoms with Crippen LogP contribution in [0.3, 0.4) is 0 Å². The molecule has 0 fully saturated rings. The van der Waals surface area contributed by atoms with Gasteiger partial charge in [0.05, 0.1) is 11.3 Å². The maximum atomic E-state index is 12.9. The van der Waals surface area contributed by atoms with Gasteiger partial charge in [-0.1, -0.05) is 12.1 Å². The van der Waals surface area contributed by atoms with Crippen LogP contribution >= 0.6 is 0 Å². The number of primary amides is 1. The maximum Gasteiger partial charge on any atom is 0.252 e. The molecule has 2 aromatic carbocycles. The highest BCUT2D eigenvalue weighted by atomic mass is 19.1. The van der Waals surface area contributed by atoms with E-state index in [9.17, 15) is 9.18 Å². The van der Waals surface area contributed by atoms with Crippen LogP contribution in [-0.2, 0) is 0 Å². The number of rotatable bonds is 3. The van der Waals surface area contributed by atoms with Gasteiger partial charge in [-0.05, 0) is 24.3 Å². The third-order valence-corrected chi connectivity index (χ3v) is 2.34. The molecule has 0 radical (unpaired) electrons. The quantitative estimate of drug-likeness (QED) is 0.815. The van der Waals surface area contributed by atoms with Gasteiger partial charge >= 0.3 is 0 Å². The normalized spacial score (nSPS) is 10.1. The summed E-state index contributed by atoms with van der Waals surface area (Å²) in [6.07, 6.45) is 0. The van der Waals surface area contributed by atoms with E-state index in [1.807, 2.05) is 0 Å². The Morgan fingerprint density at radius 1 is 1.11 bits per heavy atom. The number of benzene rings is 2. The first-order valence-electron chi connectivity index (χ1n) is 5.19. The van der Waals surface area contributed by atoms with E-state index in [1.54, 1.807) is 18.2 Å². The summed E-state index contributed by atoms with van der Waals surface area (Å²) in [5, 5.41) is 0. The van der Waals surface area contributed by atoms with Crippen molar-refractivity contribution in [3.05, 3.63) is 53.8 Å². The number of hydrogen-bond acceptors (Lipinski definition) is 3. The van der Waals surface area contributed by atoms with E-state index >= 15 is 0 Å². The Bertz CT molecular complexity index is 599. The van der Waals surface area contributed by atoms with Gasteiger partial charge in [-0.2, -0.15) is 0 Å². The molecule has 0 bridgehead atoms. The van der Waals surface area contributed by atoms with E-state index in [0.717, 1.165) is 6.07 Å². The number of nitrogen functional groups attached to an aromatic ring is 1. The summed E-state index contributed by atoms with van der Waals surface area (Å²) >= 11 is 0. The van der Waals surface area contributed by atoms with Crippen LogP contribution in [0.15, 0.2) is 42.5 Å². The molecule has 0 aliphatic rings.